The summed E-state index contributed by atoms with van der Waals surface area (Å²) in [5.41, 5.74) is 1.17. The second-order valence-electron chi connectivity index (χ2n) is 4.12. The first-order chi connectivity index (χ1) is 9.17. The smallest absolute Gasteiger partial charge is 0.214 e. The largest absolute Gasteiger partial charge is 0.493 e. The van der Waals surface area contributed by atoms with Gasteiger partial charge in [-0.25, -0.2) is 0 Å². The zero-order valence-corrected chi connectivity index (χ0v) is 13.0. The van der Waals surface area contributed by atoms with Gasteiger partial charge in [0.15, 0.2) is 11.4 Å². The fraction of sp³-hybridized carbons (Fsp3) is 0.286. The lowest BCUT2D eigenvalue weighted by atomic mass is 10.1. The van der Waals surface area contributed by atoms with Crippen molar-refractivity contribution in [2.24, 2.45) is 0 Å². The summed E-state index contributed by atoms with van der Waals surface area (Å²) >= 11 is 2.21. The van der Waals surface area contributed by atoms with Crippen LogP contribution >= 0.6 is 22.6 Å². The van der Waals surface area contributed by atoms with Crippen molar-refractivity contribution < 1.29 is 9.53 Å². The summed E-state index contributed by atoms with van der Waals surface area (Å²) in [6.07, 6.45) is 2.51. The SMILES string of the molecule is CCCn1ncc(OC)c1C(=O)c1ccc(I)cc1. The van der Waals surface area contributed by atoms with Gasteiger partial charge in [-0.2, -0.15) is 5.10 Å². The Kier molecular flexibility index (Phi) is 4.57. The van der Waals surface area contributed by atoms with E-state index in [2.05, 4.69) is 27.7 Å². The number of nitrogens with zero attached hydrogens (tertiary/aromatic N) is 2. The minimum Gasteiger partial charge on any atom is -0.493 e. The van der Waals surface area contributed by atoms with Gasteiger partial charge >= 0.3 is 0 Å². The Morgan fingerprint density at radius 3 is 2.63 bits per heavy atom. The molecule has 0 N–H and O–H groups in total. The third-order valence-corrected chi connectivity index (χ3v) is 3.50. The monoisotopic (exact) mass is 370 g/mol. The number of halogens is 1. The van der Waals surface area contributed by atoms with Crippen LogP contribution in [-0.2, 0) is 6.54 Å². The number of hydrogen-bond acceptors (Lipinski definition) is 3. The van der Waals surface area contributed by atoms with Crippen LogP contribution in [0.3, 0.4) is 0 Å². The molecule has 0 saturated carbocycles. The molecule has 1 heterocycles. The third kappa shape index (κ3) is 2.97. The van der Waals surface area contributed by atoms with Gasteiger partial charge in [0.1, 0.15) is 0 Å². The lowest BCUT2D eigenvalue weighted by molar-refractivity contribution is 0.102. The average Bonchev–Trinajstić information content (AvgIpc) is 2.82. The molecule has 1 aromatic heterocycles. The molecule has 1 aromatic carbocycles. The van der Waals surface area contributed by atoms with Gasteiger partial charge in [0.2, 0.25) is 5.78 Å². The van der Waals surface area contributed by atoms with Crippen molar-refractivity contribution in [3.63, 3.8) is 0 Å². The average molecular weight is 370 g/mol. The number of ether oxygens (including phenoxy) is 1. The van der Waals surface area contributed by atoms with Crippen LogP contribution in [0.25, 0.3) is 0 Å². The first-order valence-electron chi connectivity index (χ1n) is 6.07. The number of hydrogen-bond donors (Lipinski definition) is 0. The molecule has 2 rings (SSSR count). The van der Waals surface area contributed by atoms with Crippen molar-refractivity contribution in [1.82, 2.24) is 9.78 Å². The van der Waals surface area contributed by atoms with Gasteiger partial charge in [-0.15, -0.1) is 0 Å². The van der Waals surface area contributed by atoms with Crippen LogP contribution in [0.1, 0.15) is 29.4 Å². The molecule has 5 heteroatoms. The van der Waals surface area contributed by atoms with Crippen LogP contribution in [0.4, 0.5) is 0 Å². The fourth-order valence-corrected chi connectivity index (χ4v) is 2.23. The van der Waals surface area contributed by atoms with Crippen LogP contribution in [-0.4, -0.2) is 22.7 Å². The Hall–Kier alpha value is -1.37. The molecular weight excluding hydrogens is 355 g/mol. The summed E-state index contributed by atoms with van der Waals surface area (Å²) in [6.45, 7) is 2.75. The van der Waals surface area contributed by atoms with E-state index in [1.165, 1.54) is 0 Å². The maximum absolute atomic E-state index is 12.6. The lowest BCUT2D eigenvalue weighted by Gasteiger charge is -2.07. The molecule has 19 heavy (non-hydrogen) atoms. The summed E-state index contributed by atoms with van der Waals surface area (Å²) < 4.78 is 8.04. The molecule has 0 aliphatic rings. The zero-order chi connectivity index (χ0) is 13.8. The summed E-state index contributed by atoms with van der Waals surface area (Å²) in [4.78, 5) is 12.6. The maximum atomic E-state index is 12.6. The van der Waals surface area contributed by atoms with E-state index in [1.807, 2.05) is 31.2 Å². The van der Waals surface area contributed by atoms with Crippen molar-refractivity contribution in [3.8, 4) is 5.75 Å². The highest BCUT2D eigenvalue weighted by Gasteiger charge is 2.20. The number of carbonyl (C=O) groups excluding carboxylic acids is 1. The molecule has 0 aliphatic heterocycles. The Balaban J connectivity index is 2.42. The van der Waals surface area contributed by atoms with Crippen molar-refractivity contribution >= 4 is 28.4 Å². The number of aromatic nitrogens is 2. The number of carbonyl (C=O) groups is 1. The van der Waals surface area contributed by atoms with E-state index >= 15 is 0 Å². The van der Waals surface area contributed by atoms with E-state index in [0.717, 1.165) is 9.99 Å². The van der Waals surface area contributed by atoms with Crippen LogP contribution in [0, 0.1) is 3.57 Å². The Labute approximate surface area is 125 Å². The molecule has 0 spiro atoms. The highest BCUT2D eigenvalue weighted by atomic mass is 127. The number of aryl methyl sites for hydroxylation is 1. The predicted octanol–water partition coefficient (Wildman–Crippen LogP) is 3.14. The molecule has 0 saturated heterocycles. The zero-order valence-electron chi connectivity index (χ0n) is 10.9. The van der Waals surface area contributed by atoms with Crippen molar-refractivity contribution in [3.05, 3.63) is 45.3 Å². The normalized spacial score (nSPS) is 10.5. The summed E-state index contributed by atoms with van der Waals surface area (Å²) in [5.74, 6) is 0.469. The molecule has 0 aliphatic carbocycles. The summed E-state index contributed by atoms with van der Waals surface area (Å²) in [5, 5.41) is 4.21. The van der Waals surface area contributed by atoms with Gasteiger partial charge in [0.05, 0.1) is 13.3 Å². The van der Waals surface area contributed by atoms with Gasteiger partial charge in [0.25, 0.3) is 0 Å². The van der Waals surface area contributed by atoms with E-state index in [0.29, 0.717) is 23.6 Å². The highest BCUT2D eigenvalue weighted by molar-refractivity contribution is 14.1. The van der Waals surface area contributed by atoms with Crippen LogP contribution in [0.5, 0.6) is 5.75 Å². The third-order valence-electron chi connectivity index (χ3n) is 2.78. The van der Waals surface area contributed by atoms with Gasteiger partial charge in [-0.1, -0.05) is 6.92 Å². The van der Waals surface area contributed by atoms with Gasteiger partial charge < -0.3 is 4.74 Å². The molecule has 0 atom stereocenters. The quantitative estimate of drug-likeness (QED) is 0.600. The second-order valence-corrected chi connectivity index (χ2v) is 5.37. The standard InChI is InChI=1S/C14H15IN2O2/c1-3-8-17-13(12(19-2)9-16-17)14(18)10-4-6-11(15)7-5-10/h4-7,9H,3,8H2,1-2H3. The molecule has 0 amide bonds. The van der Waals surface area contributed by atoms with Crippen LogP contribution < -0.4 is 4.74 Å². The summed E-state index contributed by atoms with van der Waals surface area (Å²) in [6, 6.07) is 7.49. The summed E-state index contributed by atoms with van der Waals surface area (Å²) in [7, 11) is 1.55. The van der Waals surface area contributed by atoms with Gasteiger partial charge in [0, 0.05) is 15.7 Å². The molecule has 4 nitrogen and oxygen atoms in total. The van der Waals surface area contributed by atoms with E-state index in [1.54, 1.807) is 18.0 Å². The molecule has 2 aromatic rings. The fourth-order valence-electron chi connectivity index (χ4n) is 1.87. The minimum atomic E-state index is -0.0563. The van der Waals surface area contributed by atoms with Crippen LogP contribution in [0.15, 0.2) is 30.5 Å². The molecular formula is C14H15IN2O2. The van der Waals surface area contributed by atoms with E-state index in [4.69, 9.17) is 4.74 Å². The number of rotatable bonds is 5. The van der Waals surface area contributed by atoms with Crippen molar-refractivity contribution in [2.45, 2.75) is 19.9 Å². The van der Waals surface area contributed by atoms with Gasteiger partial charge in [-0.05, 0) is 53.3 Å². The number of ketones is 1. The van der Waals surface area contributed by atoms with E-state index in [9.17, 15) is 4.79 Å². The molecule has 0 fully saturated rings. The van der Waals surface area contributed by atoms with E-state index < -0.39 is 0 Å². The predicted molar refractivity (Wildman–Crippen MR) is 81.7 cm³/mol. The first-order valence-corrected chi connectivity index (χ1v) is 7.15. The molecule has 0 radical (unpaired) electrons. The Morgan fingerprint density at radius 2 is 2.05 bits per heavy atom. The molecule has 0 bridgehead atoms. The number of benzene rings is 1. The maximum Gasteiger partial charge on any atom is 0.214 e. The lowest BCUT2D eigenvalue weighted by Crippen LogP contribution is -2.12. The van der Waals surface area contributed by atoms with Crippen molar-refractivity contribution in [2.75, 3.05) is 7.11 Å². The number of methoxy groups -OCH3 is 1. The highest BCUT2D eigenvalue weighted by Crippen LogP contribution is 2.22. The molecule has 100 valence electrons. The Morgan fingerprint density at radius 1 is 1.37 bits per heavy atom. The first kappa shape index (κ1) is 14.0. The van der Waals surface area contributed by atoms with E-state index in [-0.39, 0.29) is 5.78 Å². The molecule has 0 unspecified atom stereocenters. The topological polar surface area (TPSA) is 44.1 Å². The van der Waals surface area contributed by atoms with Crippen molar-refractivity contribution in [1.29, 1.82) is 0 Å². The van der Waals surface area contributed by atoms with Crippen LogP contribution in [0.2, 0.25) is 0 Å². The van der Waals surface area contributed by atoms with Gasteiger partial charge in [-0.3, -0.25) is 9.48 Å². The minimum absolute atomic E-state index is 0.0563. The Bertz CT molecular complexity index is 576. The second kappa shape index (κ2) is 6.18.